The molecule has 2 nitrogen and oxygen atoms in total. The maximum atomic E-state index is 8.80. The molecule has 0 aliphatic carbocycles. The standard InChI is InChI=1S/C12H14N2.ClH/c1-12(2)8-14-7-10-5-9(6-13)3-4-11(10)12;/h3-5,14H,7-8H2,1-2H3;1H. The van der Waals surface area contributed by atoms with Crippen molar-refractivity contribution in [3.05, 3.63) is 34.9 Å². The third-order valence-corrected chi connectivity index (χ3v) is 2.85. The minimum atomic E-state index is 0. The van der Waals surface area contributed by atoms with Crippen molar-refractivity contribution in [2.75, 3.05) is 6.54 Å². The molecule has 0 atom stereocenters. The first kappa shape index (κ1) is 12.0. The van der Waals surface area contributed by atoms with Gasteiger partial charge in [0.1, 0.15) is 0 Å². The van der Waals surface area contributed by atoms with Gasteiger partial charge in [0, 0.05) is 18.5 Å². The molecule has 1 N–H and O–H groups in total. The van der Waals surface area contributed by atoms with Crippen LogP contribution < -0.4 is 5.32 Å². The average Bonchev–Trinajstić information content (AvgIpc) is 2.16. The summed E-state index contributed by atoms with van der Waals surface area (Å²) in [4.78, 5) is 0. The molecule has 80 valence electrons. The Morgan fingerprint density at radius 2 is 2.13 bits per heavy atom. The fourth-order valence-electron chi connectivity index (χ4n) is 2.07. The van der Waals surface area contributed by atoms with Gasteiger partial charge in [0.2, 0.25) is 0 Å². The Labute approximate surface area is 96.7 Å². The van der Waals surface area contributed by atoms with E-state index in [1.54, 1.807) is 0 Å². The minimum Gasteiger partial charge on any atom is -0.312 e. The molecule has 0 saturated carbocycles. The Morgan fingerprint density at radius 1 is 1.40 bits per heavy atom. The Morgan fingerprint density at radius 3 is 2.80 bits per heavy atom. The first-order chi connectivity index (χ1) is 6.63. The first-order valence-corrected chi connectivity index (χ1v) is 4.88. The second-order valence-electron chi connectivity index (χ2n) is 4.47. The lowest BCUT2D eigenvalue weighted by atomic mass is 9.79. The molecule has 0 unspecified atom stereocenters. The zero-order chi connectivity index (χ0) is 10.2. The van der Waals surface area contributed by atoms with Crippen LogP contribution in [0.25, 0.3) is 0 Å². The Balaban J connectivity index is 0.00000112. The number of halogens is 1. The molecule has 1 aliphatic rings. The molecule has 0 fully saturated rings. The van der Waals surface area contributed by atoms with E-state index in [1.807, 2.05) is 12.1 Å². The third kappa shape index (κ3) is 2.14. The molecule has 2 rings (SSSR count). The SMILES string of the molecule is CC1(C)CNCc2cc(C#N)ccc21.Cl. The zero-order valence-electron chi connectivity index (χ0n) is 9.00. The molecule has 3 heteroatoms. The number of benzene rings is 1. The van der Waals surface area contributed by atoms with Gasteiger partial charge in [-0.15, -0.1) is 12.4 Å². The van der Waals surface area contributed by atoms with Gasteiger partial charge in [0.15, 0.2) is 0 Å². The van der Waals surface area contributed by atoms with Crippen molar-refractivity contribution in [1.29, 1.82) is 5.26 Å². The van der Waals surface area contributed by atoms with Gasteiger partial charge in [0.05, 0.1) is 11.6 Å². The van der Waals surface area contributed by atoms with E-state index >= 15 is 0 Å². The van der Waals surface area contributed by atoms with Crippen LogP contribution in [0.3, 0.4) is 0 Å². The van der Waals surface area contributed by atoms with Crippen LogP contribution in [-0.2, 0) is 12.0 Å². The summed E-state index contributed by atoms with van der Waals surface area (Å²) in [6.45, 7) is 6.34. The molecule has 15 heavy (non-hydrogen) atoms. The lowest BCUT2D eigenvalue weighted by Crippen LogP contribution is -2.38. The van der Waals surface area contributed by atoms with Crippen molar-refractivity contribution >= 4 is 12.4 Å². The normalized spacial score (nSPS) is 17.1. The highest BCUT2D eigenvalue weighted by atomic mass is 35.5. The molecule has 0 spiro atoms. The van der Waals surface area contributed by atoms with E-state index in [-0.39, 0.29) is 17.8 Å². The van der Waals surface area contributed by atoms with Crippen LogP contribution in [0.1, 0.15) is 30.5 Å². The zero-order valence-corrected chi connectivity index (χ0v) is 9.82. The summed E-state index contributed by atoms with van der Waals surface area (Å²) in [5.41, 5.74) is 3.57. The van der Waals surface area contributed by atoms with Crippen LogP contribution in [-0.4, -0.2) is 6.54 Å². The van der Waals surface area contributed by atoms with E-state index in [4.69, 9.17) is 5.26 Å². The van der Waals surface area contributed by atoms with E-state index in [0.29, 0.717) is 0 Å². The lowest BCUT2D eigenvalue weighted by molar-refractivity contribution is 0.435. The monoisotopic (exact) mass is 222 g/mol. The van der Waals surface area contributed by atoms with Gasteiger partial charge in [-0.25, -0.2) is 0 Å². The average molecular weight is 223 g/mol. The molecule has 1 aromatic carbocycles. The summed E-state index contributed by atoms with van der Waals surface area (Å²) in [6, 6.07) is 8.17. The van der Waals surface area contributed by atoms with E-state index in [2.05, 4.69) is 31.3 Å². The fourth-order valence-corrected chi connectivity index (χ4v) is 2.07. The molecule has 0 amide bonds. The molecule has 0 bridgehead atoms. The Hall–Kier alpha value is -1.04. The largest absolute Gasteiger partial charge is 0.312 e. The number of hydrogen-bond acceptors (Lipinski definition) is 2. The number of nitrogens with one attached hydrogen (secondary N) is 1. The van der Waals surface area contributed by atoms with Crippen LogP contribution in [0.15, 0.2) is 18.2 Å². The lowest BCUT2D eigenvalue weighted by Gasteiger charge is -2.33. The highest BCUT2D eigenvalue weighted by molar-refractivity contribution is 5.85. The van der Waals surface area contributed by atoms with Crippen molar-refractivity contribution < 1.29 is 0 Å². The molecule has 0 saturated heterocycles. The first-order valence-electron chi connectivity index (χ1n) is 4.88. The Bertz CT molecular complexity index is 405. The maximum Gasteiger partial charge on any atom is 0.0991 e. The number of hydrogen-bond donors (Lipinski definition) is 1. The van der Waals surface area contributed by atoms with Gasteiger partial charge >= 0.3 is 0 Å². The molecule has 0 aromatic heterocycles. The van der Waals surface area contributed by atoms with Crippen LogP contribution in [0, 0.1) is 11.3 Å². The number of nitrogens with zero attached hydrogens (tertiary/aromatic N) is 1. The highest BCUT2D eigenvalue weighted by Crippen LogP contribution is 2.29. The molecule has 1 aromatic rings. The quantitative estimate of drug-likeness (QED) is 0.732. The highest BCUT2D eigenvalue weighted by Gasteiger charge is 2.26. The minimum absolute atomic E-state index is 0. The molecule has 1 heterocycles. The third-order valence-electron chi connectivity index (χ3n) is 2.85. The van der Waals surface area contributed by atoms with Crippen LogP contribution in [0.5, 0.6) is 0 Å². The summed E-state index contributed by atoms with van der Waals surface area (Å²) < 4.78 is 0. The summed E-state index contributed by atoms with van der Waals surface area (Å²) in [5, 5.41) is 12.2. The van der Waals surface area contributed by atoms with Crippen molar-refractivity contribution in [2.45, 2.75) is 25.8 Å². The van der Waals surface area contributed by atoms with Crippen LogP contribution >= 0.6 is 12.4 Å². The molecule has 1 aliphatic heterocycles. The van der Waals surface area contributed by atoms with Crippen LogP contribution in [0.2, 0.25) is 0 Å². The van der Waals surface area contributed by atoms with Gasteiger partial charge in [-0.05, 0) is 23.3 Å². The van der Waals surface area contributed by atoms with Crippen molar-refractivity contribution in [3.63, 3.8) is 0 Å². The van der Waals surface area contributed by atoms with E-state index in [1.165, 1.54) is 11.1 Å². The predicted molar refractivity (Wildman–Crippen MR) is 63.1 cm³/mol. The smallest absolute Gasteiger partial charge is 0.0991 e. The molecular formula is C12H15ClN2. The molecular weight excluding hydrogens is 208 g/mol. The van der Waals surface area contributed by atoms with Crippen molar-refractivity contribution in [3.8, 4) is 6.07 Å². The van der Waals surface area contributed by atoms with E-state index in [0.717, 1.165) is 18.7 Å². The van der Waals surface area contributed by atoms with E-state index in [9.17, 15) is 0 Å². The van der Waals surface area contributed by atoms with E-state index < -0.39 is 0 Å². The summed E-state index contributed by atoms with van der Waals surface area (Å²) in [6.07, 6.45) is 0. The summed E-state index contributed by atoms with van der Waals surface area (Å²) in [5.74, 6) is 0. The second-order valence-corrected chi connectivity index (χ2v) is 4.47. The van der Waals surface area contributed by atoms with Crippen molar-refractivity contribution in [2.24, 2.45) is 0 Å². The second kappa shape index (κ2) is 4.22. The fraction of sp³-hybridized carbons (Fsp3) is 0.417. The number of fused-ring (bicyclic) bond motifs is 1. The number of rotatable bonds is 0. The topological polar surface area (TPSA) is 35.8 Å². The van der Waals surface area contributed by atoms with Crippen LogP contribution in [0.4, 0.5) is 0 Å². The van der Waals surface area contributed by atoms with Gasteiger partial charge in [-0.3, -0.25) is 0 Å². The summed E-state index contributed by atoms with van der Waals surface area (Å²) in [7, 11) is 0. The van der Waals surface area contributed by atoms with Gasteiger partial charge in [-0.2, -0.15) is 5.26 Å². The predicted octanol–water partition coefficient (Wildman–Crippen LogP) is 2.36. The Kier molecular flexibility index (Phi) is 3.38. The van der Waals surface area contributed by atoms with Gasteiger partial charge in [-0.1, -0.05) is 19.9 Å². The summed E-state index contributed by atoms with van der Waals surface area (Å²) >= 11 is 0. The molecule has 0 radical (unpaired) electrons. The van der Waals surface area contributed by atoms with Crippen molar-refractivity contribution in [1.82, 2.24) is 5.32 Å². The van der Waals surface area contributed by atoms with Gasteiger partial charge in [0.25, 0.3) is 0 Å². The maximum absolute atomic E-state index is 8.80. The number of nitriles is 1. The van der Waals surface area contributed by atoms with Gasteiger partial charge < -0.3 is 5.32 Å².